The zero-order valence-corrected chi connectivity index (χ0v) is 16.6. The molecule has 0 saturated heterocycles. The number of hydrogen-bond donors (Lipinski definition) is 3. The van der Waals surface area contributed by atoms with Crippen molar-refractivity contribution in [3.8, 4) is 11.5 Å². The summed E-state index contributed by atoms with van der Waals surface area (Å²) < 4.78 is 7.58. The summed E-state index contributed by atoms with van der Waals surface area (Å²) in [7, 11) is 1.61. The van der Waals surface area contributed by atoms with Gasteiger partial charge in [-0.25, -0.2) is 0 Å². The molecule has 0 spiro atoms. The molecule has 5 heteroatoms. The van der Waals surface area contributed by atoms with Crippen LogP contribution in [0.3, 0.4) is 0 Å². The topological polar surface area (TPSA) is 74.9 Å². The van der Waals surface area contributed by atoms with Crippen LogP contribution in [0.4, 0.5) is 0 Å². The molecule has 0 aliphatic heterocycles. The van der Waals surface area contributed by atoms with Crippen LogP contribution in [0.25, 0.3) is 10.9 Å². The Balaban J connectivity index is 2.02. The summed E-state index contributed by atoms with van der Waals surface area (Å²) in [5.41, 5.74) is 3.68. The highest BCUT2D eigenvalue weighted by molar-refractivity contribution is 5.84. The summed E-state index contributed by atoms with van der Waals surface area (Å²) in [5, 5.41) is 31.0. The van der Waals surface area contributed by atoms with Crippen molar-refractivity contribution < 1.29 is 20.1 Å². The van der Waals surface area contributed by atoms with Crippen molar-refractivity contribution in [1.29, 1.82) is 0 Å². The van der Waals surface area contributed by atoms with Crippen LogP contribution in [0.5, 0.6) is 11.5 Å². The van der Waals surface area contributed by atoms with Gasteiger partial charge in [0.25, 0.3) is 0 Å². The first-order valence-electron chi connectivity index (χ1n) is 9.82. The van der Waals surface area contributed by atoms with Crippen LogP contribution < -0.4 is 4.74 Å². The SMILES string of the molecule is CCCCc1ccc(OC)c(Cn2cc(CC(O)CO)c3ccccc32)c1O. The molecular weight excluding hydrogens is 354 g/mol. The molecule has 0 saturated carbocycles. The van der Waals surface area contributed by atoms with Crippen LogP contribution in [0.15, 0.2) is 42.6 Å². The quantitative estimate of drug-likeness (QED) is 0.527. The second kappa shape index (κ2) is 9.13. The van der Waals surface area contributed by atoms with Gasteiger partial charge in [-0.3, -0.25) is 0 Å². The first-order chi connectivity index (χ1) is 13.6. The van der Waals surface area contributed by atoms with E-state index in [-0.39, 0.29) is 6.61 Å². The third kappa shape index (κ3) is 4.16. The molecule has 28 heavy (non-hydrogen) atoms. The molecule has 3 rings (SSSR count). The number of phenolic OH excluding ortho intramolecular Hbond substituents is 1. The van der Waals surface area contributed by atoms with Gasteiger partial charge < -0.3 is 24.6 Å². The van der Waals surface area contributed by atoms with Gasteiger partial charge in [-0.1, -0.05) is 37.6 Å². The summed E-state index contributed by atoms with van der Waals surface area (Å²) in [6.45, 7) is 2.33. The maximum absolute atomic E-state index is 10.9. The number of rotatable bonds is 9. The second-order valence-corrected chi connectivity index (χ2v) is 7.20. The van der Waals surface area contributed by atoms with Gasteiger partial charge in [0, 0.05) is 23.5 Å². The predicted molar refractivity (Wildman–Crippen MR) is 111 cm³/mol. The molecule has 0 fully saturated rings. The lowest BCUT2D eigenvalue weighted by Crippen LogP contribution is -2.14. The third-order valence-electron chi connectivity index (χ3n) is 5.21. The van der Waals surface area contributed by atoms with Gasteiger partial charge in [0.15, 0.2) is 0 Å². The average Bonchev–Trinajstić information content (AvgIpc) is 3.06. The number of hydrogen-bond acceptors (Lipinski definition) is 4. The number of fused-ring (bicyclic) bond motifs is 1. The maximum atomic E-state index is 10.9. The molecular formula is C23H29NO4. The Labute approximate surface area is 165 Å². The van der Waals surface area contributed by atoms with Gasteiger partial charge in [-0.15, -0.1) is 0 Å². The first kappa shape index (κ1) is 20.2. The number of aliphatic hydroxyl groups is 2. The van der Waals surface area contributed by atoms with Crippen molar-refractivity contribution >= 4 is 10.9 Å². The molecule has 0 amide bonds. The van der Waals surface area contributed by atoms with Crippen LogP contribution in [0.1, 0.15) is 36.5 Å². The lowest BCUT2D eigenvalue weighted by Gasteiger charge is -2.15. The minimum absolute atomic E-state index is 0.270. The number of phenols is 1. The van der Waals surface area contributed by atoms with E-state index in [0.717, 1.165) is 46.9 Å². The third-order valence-corrected chi connectivity index (χ3v) is 5.21. The Morgan fingerprint density at radius 1 is 1.11 bits per heavy atom. The van der Waals surface area contributed by atoms with Crippen LogP contribution >= 0.6 is 0 Å². The Morgan fingerprint density at radius 2 is 1.89 bits per heavy atom. The molecule has 1 atom stereocenters. The Hall–Kier alpha value is -2.50. The van der Waals surface area contributed by atoms with E-state index in [0.29, 0.717) is 24.5 Å². The number of aryl methyl sites for hydroxylation is 1. The molecule has 2 aromatic carbocycles. The highest BCUT2D eigenvalue weighted by Gasteiger charge is 2.17. The van der Waals surface area contributed by atoms with E-state index in [9.17, 15) is 15.3 Å². The molecule has 0 aliphatic rings. The monoisotopic (exact) mass is 383 g/mol. The van der Waals surface area contributed by atoms with E-state index >= 15 is 0 Å². The standard InChI is InChI=1S/C23H29NO4/c1-3-4-7-16-10-11-22(28-2)20(23(16)27)14-24-13-17(12-18(26)15-25)19-8-5-6-9-21(19)24/h5-6,8-11,13,18,25-27H,3-4,7,12,14-15H2,1-2H3. The van der Waals surface area contributed by atoms with Crippen molar-refractivity contribution in [3.05, 3.63) is 59.3 Å². The number of benzene rings is 2. The summed E-state index contributed by atoms with van der Waals surface area (Å²) in [6, 6.07) is 11.8. The second-order valence-electron chi connectivity index (χ2n) is 7.20. The first-order valence-corrected chi connectivity index (χ1v) is 9.82. The molecule has 1 heterocycles. The van der Waals surface area contributed by atoms with Crippen molar-refractivity contribution in [2.45, 2.75) is 45.3 Å². The molecule has 150 valence electrons. The molecule has 1 unspecified atom stereocenters. The van der Waals surface area contributed by atoms with Crippen LogP contribution in [0.2, 0.25) is 0 Å². The van der Waals surface area contributed by atoms with E-state index in [1.807, 2.05) is 42.6 Å². The Morgan fingerprint density at radius 3 is 2.61 bits per heavy atom. The summed E-state index contributed by atoms with van der Waals surface area (Å²) in [5.74, 6) is 0.954. The Kier molecular flexibility index (Phi) is 6.60. The summed E-state index contributed by atoms with van der Waals surface area (Å²) >= 11 is 0. The van der Waals surface area contributed by atoms with Gasteiger partial charge in [0.05, 0.1) is 31.9 Å². The van der Waals surface area contributed by atoms with Gasteiger partial charge in [0.1, 0.15) is 11.5 Å². The smallest absolute Gasteiger partial charge is 0.127 e. The number of unbranched alkanes of at least 4 members (excludes halogenated alkanes) is 1. The average molecular weight is 383 g/mol. The van der Waals surface area contributed by atoms with Crippen molar-refractivity contribution in [1.82, 2.24) is 4.57 Å². The number of aromatic nitrogens is 1. The zero-order valence-electron chi connectivity index (χ0n) is 16.6. The van der Waals surface area contributed by atoms with E-state index in [1.165, 1.54) is 0 Å². The zero-order chi connectivity index (χ0) is 20.1. The van der Waals surface area contributed by atoms with E-state index in [4.69, 9.17) is 4.74 Å². The number of methoxy groups -OCH3 is 1. The van der Waals surface area contributed by atoms with E-state index < -0.39 is 6.10 Å². The molecule has 0 aliphatic carbocycles. The number of ether oxygens (including phenoxy) is 1. The number of aliphatic hydroxyl groups excluding tert-OH is 2. The van der Waals surface area contributed by atoms with Crippen molar-refractivity contribution in [2.75, 3.05) is 13.7 Å². The van der Waals surface area contributed by atoms with Crippen molar-refractivity contribution in [3.63, 3.8) is 0 Å². The molecule has 0 bridgehead atoms. The minimum Gasteiger partial charge on any atom is -0.507 e. The summed E-state index contributed by atoms with van der Waals surface area (Å²) in [6.07, 6.45) is 4.50. The van der Waals surface area contributed by atoms with Gasteiger partial charge >= 0.3 is 0 Å². The molecule has 3 N–H and O–H groups in total. The van der Waals surface area contributed by atoms with Crippen LogP contribution in [-0.2, 0) is 19.4 Å². The lowest BCUT2D eigenvalue weighted by atomic mass is 10.0. The van der Waals surface area contributed by atoms with Crippen LogP contribution in [0, 0.1) is 0 Å². The lowest BCUT2D eigenvalue weighted by molar-refractivity contribution is 0.0957. The number of nitrogens with zero attached hydrogens (tertiary/aromatic N) is 1. The van der Waals surface area contributed by atoms with E-state index in [2.05, 4.69) is 11.5 Å². The van der Waals surface area contributed by atoms with Gasteiger partial charge in [0.2, 0.25) is 0 Å². The molecule has 3 aromatic rings. The fourth-order valence-electron chi connectivity index (χ4n) is 3.68. The molecule has 1 aromatic heterocycles. The maximum Gasteiger partial charge on any atom is 0.127 e. The summed E-state index contributed by atoms with van der Waals surface area (Å²) in [4.78, 5) is 0. The van der Waals surface area contributed by atoms with E-state index in [1.54, 1.807) is 7.11 Å². The van der Waals surface area contributed by atoms with Gasteiger partial charge in [-0.05, 0) is 36.1 Å². The van der Waals surface area contributed by atoms with Gasteiger partial charge in [-0.2, -0.15) is 0 Å². The fraction of sp³-hybridized carbons (Fsp3) is 0.391. The highest BCUT2D eigenvalue weighted by Crippen LogP contribution is 2.34. The minimum atomic E-state index is -0.792. The number of aromatic hydroxyl groups is 1. The van der Waals surface area contributed by atoms with Crippen molar-refractivity contribution in [2.24, 2.45) is 0 Å². The predicted octanol–water partition coefficient (Wildman–Crippen LogP) is 3.64. The van der Waals surface area contributed by atoms with Crippen LogP contribution in [-0.4, -0.2) is 39.7 Å². The Bertz CT molecular complexity index is 932. The molecule has 5 nitrogen and oxygen atoms in total. The highest BCUT2D eigenvalue weighted by atomic mass is 16.5. The fourth-order valence-corrected chi connectivity index (χ4v) is 3.68. The number of para-hydroxylation sites is 1. The largest absolute Gasteiger partial charge is 0.507 e. The molecule has 0 radical (unpaired) electrons. The normalized spacial score (nSPS) is 12.4.